The van der Waals surface area contributed by atoms with Gasteiger partial charge in [-0.25, -0.2) is 14.6 Å². The van der Waals surface area contributed by atoms with Crippen molar-refractivity contribution in [3.8, 4) is 0 Å². The lowest BCUT2D eigenvalue weighted by Gasteiger charge is -2.15. The Kier molecular flexibility index (Phi) is 10.7. The first-order chi connectivity index (χ1) is 19.9. The highest BCUT2D eigenvalue weighted by Crippen LogP contribution is 2.20. The molecule has 214 valence electrons. The second kappa shape index (κ2) is 14.8. The zero-order valence-electron chi connectivity index (χ0n) is 24.1. The maximum absolute atomic E-state index is 12.7. The summed E-state index contributed by atoms with van der Waals surface area (Å²) in [4.78, 5) is 30.0. The molecule has 41 heavy (non-hydrogen) atoms. The lowest BCUT2D eigenvalue weighted by molar-refractivity contribution is 0.0456. The molecular weight excluding hydrogens is 514 g/mol. The number of aromatic nitrogens is 2. The van der Waals surface area contributed by atoms with Gasteiger partial charge in [-0.15, -0.1) is 0 Å². The van der Waals surface area contributed by atoms with E-state index in [4.69, 9.17) is 14.5 Å². The van der Waals surface area contributed by atoms with Crippen LogP contribution in [0.2, 0.25) is 0 Å². The van der Waals surface area contributed by atoms with Crippen LogP contribution in [0.3, 0.4) is 0 Å². The van der Waals surface area contributed by atoms with E-state index >= 15 is 0 Å². The Balaban J connectivity index is 1.45. The molecule has 4 aromatic rings. The summed E-state index contributed by atoms with van der Waals surface area (Å²) in [5, 5.41) is 3.42. The number of rotatable bonds is 14. The van der Waals surface area contributed by atoms with Gasteiger partial charge in [0.15, 0.2) is 0 Å². The van der Waals surface area contributed by atoms with Crippen LogP contribution < -0.4 is 5.32 Å². The number of nitrogens with one attached hydrogen (secondary N) is 1. The molecule has 0 spiro atoms. The summed E-state index contributed by atoms with van der Waals surface area (Å²) in [6.07, 6.45) is 4.89. The van der Waals surface area contributed by atoms with Crippen molar-refractivity contribution in [3.05, 3.63) is 119 Å². The molecule has 0 unspecified atom stereocenters. The fourth-order valence-corrected chi connectivity index (χ4v) is 4.38. The molecular formula is C34H39N3O4. The maximum Gasteiger partial charge on any atom is 0.340 e. The van der Waals surface area contributed by atoms with Crippen molar-refractivity contribution < 1.29 is 19.1 Å². The van der Waals surface area contributed by atoms with Gasteiger partial charge in [0, 0.05) is 18.7 Å². The molecule has 1 N–H and O–H groups in total. The molecule has 0 fully saturated rings. The van der Waals surface area contributed by atoms with Gasteiger partial charge >= 0.3 is 11.9 Å². The van der Waals surface area contributed by atoms with E-state index in [2.05, 4.69) is 16.8 Å². The summed E-state index contributed by atoms with van der Waals surface area (Å²) in [6.45, 7) is 7.93. The number of benzene rings is 3. The fraction of sp³-hybridized carbons (Fsp3) is 0.324. The minimum Gasteiger partial charge on any atom is -0.462 e. The second-order valence-electron chi connectivity index (χ2n) is 10.5. The van der Waals surface area contributed by atoms with E-state index in [0.29, 0.717) is 30.8 Å². The predicted octanol–water partition coefficient (Wildman–Crippen LogP) is 7.06. The average Bonchev–Trinajstić information content (AvgIpc) is 3.38. The van der Waals surface area contributed by atoms with E-state index in [1.165, 1.54) is 0 Å². The number of nitrogens with zero attached hydrogens (tertiary/aromatic N) is 2. The van der Waals surface area contributed by atoms with Gasteiger partial charge in [-0.3, -0.25) is 0 Å². The number of ether oxygens (including phenoxy) is 2. The molecule has 0 amide bonds. The maximum atomic E-state index is 12.7. The highest BCUT2D eigenvalue weighted by Gasteiger charge is 2.16. The second-order valence-corrected chi connectivity index (χ2v) is 10.5. The van der Waals surface area contributed by atoms with Crippen LogP contribution in [-0.4, -0.2) is 28.1 Å². The summed E-state index contributed by atoms with van der Waals surface area (Å²) in [7, 11) is 0. The van der Waals surface area contributed by atoms with Crippen molar-refractivity contribution in [3.63, 3.8) is 0 Å². The fourth-order valence-electron chi connectivity index (χ4n) is 4.38. The average molecular weight is 554 g/mol. The number of para-hydroxylation sites is 1. The summed E-state index contributed by atoms with van der Waals surface area (Å²) in [6, 6.07) is 24.6. The summed E-state index contributed by atoms with van der Waals surface area (Å²) in [5.41, 5.74) is 4.77. The van der Waals surface area contributed by atoms with Crippen LogP contribution in [0.4, 0.5) is 5.69 Å². The molecule has 7 nitrogen and oxygen atoms in total. The van der Waals surface area contributed by atoms with E-state index in [1.54, 1.807) is 6.07 Å². The standard InChI is InChI=1S/C34H39N3O4/c1-4-5-15-32-36-21-29(20-35-31-14-10-9-13-30(31)34(39)40-23-25(2)3)37(32)22-26-16-18-28(19-17-26)33(38)41-24-27-11-7-6-8-12-27/h6-14,16-19,21,25,35H,4-5,15,20,22-24H2,1-3H3. The van der Waals surface area contributed by atoms with Crippen LogP contribution in [-0.2, 0) is 35.6 Å². The molecule has 1 aromatic heterocycles. The molecule has 0 bridgehead atoms. The Morgan fingerprint density at radius 2 is 1.61 bits per heavy atom. The van der Waals surface area contributed by atoms with Crippen LogP contribution >= 0.6 is 0 Å². The number of imidazole rings is 1. The lowest BCUT2D eigenvalue weighted by atomic mass is 10.1. The highest BCUT2D eigenvalue weighted by molar-refractivity contribution is 5.95. The Hall–Kier alpha value is -4.39. The van der Waals surface area contributed by atoms with Gasteiger partial charge in [-0.1, -0.05) is 81.8 Å². The molecule has 4 rings (SSSR count). The summed E-state index contributed by atoms with van der Waals surface area (Å²) in [5.74, 6) is 0.604. The van der Waals surface area contributed by atoms with Crippen molar-refractivity contribution in [1.82, 2.24) is 9.55 Å². The molecule has 1 heterocycles. The van der Waals surface area contributed by atoms with Gasteiger partial charge in [0.25, 0.3) is 0 Å². The lowest BCUT2D eigenvalue weighted by Crippen LogP contribution is -2.15. The Morgan fingerprint density at radius 3 is 2.34 bits per heavy atom. The molecule has 0 saturated carbocycles. The Morgan fingerprint density at radius 1 is 0.878 bits per heavy atom. The molecule has 0 atom stereocenters. The topological polar surface area (TPSA) is 82.5 Å². The molecule has 0 aliphatic rings. The van der Waals surface area contributed by atoms with Gasteiger partial charge in [0.05, 0.1) is 36.2 Å². The zero-order valence-corrected chi connectivity index (χ0v) is 24.1. The van der Waals surface area contributed by atoms with Gasteiger partial charge in [-0.05, 0) is 47.7 Å². The SMILES string of the molecule is CCCCc1ncc(CNc2ccccc2C(=O)OCC(C)C)n1Cc1ccc(C(=O)OCc2ccccc2)cc1. The molecule has 3 aromatic carbocycles. The summed E-state index contributed by atoms with van der Waals surface area (Å²) >= 11 is 0. The minimum absolute atomic E-state index is 0.242. The molecule has 0 saturated heterocycles. The third-order valence-corrected chi connectivity index (χ3v) is 6.67. The number of unbranched alkanes of at least 4 members (excludes halogenated alkanes) is 1. The first-order valence-corrected chi connectivity index (χ1v) is 14.3. The van der Waals surface area contributed by atoms with Gasteiger partial charge in [0.1, 0.15) is 12.4 Å². The van der Waals surface area contributed by atoms with Crippen molar-refractivity contribution in [1.29, 1.82) is 0 Å². The van der Waals surface area contributed by atoms with Crippen molar-refractivity contribution >= 4 is 17.6 Å². The number of anilines is 1. The number of hydrogen-bond acceptors (Lipinski definition) is 6. The quantitative estimate of drug-likeness (QED) is 0.168. The Labute approximate surface area is 242 Å². The van der Waals surface area contributed by atoms with Gasteiger partial charge in [-0.2, -0.15) is 0 Å². The summed E-state index contributed by atoms with van der Waals surface area (Å²) < 4.78 is 13.2. The first-order valence-electron chi connectivity index (χ1n) is 14.3. The van der Waals surface area contributed by atoms with Gasteiger partial charge < -0.3 is 19.4 Å². The molecule has 7 heteroatoms. The van der Waals surface area contributed by atoms with E-state index in [-0.39, 0.29) is 24.5 Å². The largest absolute Gasteiger partial charge is 0.462 e. The first kappa shape index (κ1) is 29.6. The molecule has 0 aliphatic carbocycles. The predicted molar refractivity (Wildman–Crippen MR) is 161 cm³/mol. The normalized spacial score (nSPS) is 10.9. The van der Waals surface area contributed by atoms with E-state index in [0.717, 1.165) is 47.6 Å². The van der Waals surface area contributed by atoms with Crippen LogP contribution in [0.5, 0.6) is 0 Å². The van der Waals surface area contributed by atoms with Gasteiger partial charge in [0.2, 0.25) is 0 Å². The van der Waals surface area contributed by atoms with Crippen molar-refractivity contribution in [2.45, 2.75) is 59.7 Å². The minimum atomic E-state index is -0.345. The molecule has 0 radical (unpaired) electrons. The van der Waals surface area contributed by atoms with Crippen molar-refractivity contribution in [2.24, 2.45) is 5.92 Å². The Bertz CT molecular complexity index is 1410. The van der Waals surface area contributed by atoms with Crippen LogP contribution in [0.25, 0.3) is 0 Å². The molecule has 0 aliphatic heterocycles. The van der Waals surface area contributed by atoms with Crippen molar-refractivity contribution in [2.75, 3.05) is 11.9 Å². The third-order valence-electron chi connectivity index (χ3n) is 6.67. The van der Waals surface area contributed by atoms with E-state index < -0.39 is 0 Å². The van der Waals surface area contributed by atoms with Crippen LogP contribution in [0.1, 0.15) is 77.0 Å². The smallest absolute Gasteiger partial charge is 0.340 e. The number of aryl methyl sites for hydroxylation is 1. The number of carbonyl (C=O) groups excluding carboxylic acids is 2. The zero-order chi connectivity index (χ0) is 29.0. The van der Waals surface area contributed by atoms with Crippen LogP contribution in [0.15, 0.2) is 85.1 Å². The monoisotopic (exact) mass is 553 g/mol. The van der Waals surface area contributed by atoms with E-state index in [1.807, 2.05) is 92.8 Å². The highest BCUT2D eigenvalue weighted by atomic mass is 16.5. The number of carbonyl (C=O) groups is 2. The number of esters is 2. The van der Waals surface area contributed by atoms with E-state index in [9.17, 15) is 9.59 Å². The third kappa shape index (κ3) is 8.55. The van der Waals surface area contributed by atoms with Crippen LogP contribution in [0, 0.1) is 5.92 Å². The number of hydrogen-bond donors (Lipinski definition) is 1.